The lowest BCUT2D eigenvalue weighted by Gasteiger charge is -1.93. The Hall–Kier alpha value is -2.17. The number of aryl methyl sites for hydroxylation is 1. The van der Waals surface area contributed by atoms with Gasteiger partial charge in [-0.1, -0.05) is 11.3 Å². The van der Waals surface area contributed by atoms with E-state index in [-0.39, 0.29) is 0 Å². The van der Waals surface area contributed by atoms with E-state index in [2.05, 4.69) is 10.3 Å². The Kier molecular flexibility index (Phi) is 2.21. The van der Waals surface area contributed by atoms with Crippen LogP contribution in [0.1, 0.15) is 5.56 Å². The number of rotatable bonds is 2. The molecule has 0 aliphatic heterocycles. The molecule has 5 heteroatoms. The number of carboxylic acid groups (broad SMARTS) is 1. The van der Waals surface area contributed by atoms with Gasteiger partial charge in [-0.15, -0.1) is 5.10 Å². The molecule has 0 fully saturated rings. The summed E-state index contributed by atoms with van der Waals surface area (Å²) in [5.41, 5.74) is 2.47. The van der Waals surface area contributed by atoms with Crippen molar-refractivity contribution in [3.05, 3.63) is 29.8 Å². The third kappa shape index (κ3) is 1.85. The second-order valence-corrected chi connectivity index (χ2v) is 3.13. The molecule has 0 spiro atoms. The molecule has 2 aromatic rings. The molecule has 76 valence electrons. The largest absolute Gasteiger partial charge is 0.478 e. The van der Waals surface area contributed by atoms with Crippen molar-refractivity contribution < 1.29 is 9.90 Å². The fourth-order valence-electron chi connectivity index (χ4n) is 1.33. The monoisotopic (exact) mass is 203 g/mol. The molecular formula is C10H9N3O2. The van der Waals surface area contributed by atoms with Crippen LogP contribution in [0.15, 0.2) is 24.3 Å². The number of carboxylic acids is 1. The Bertz CT molecular complexity index is 543. The highest BCUT2D eigenvalue weighted by Crippen LogP contribution is 2.13. The Labute approximate surface area is 85.6 Å². The summed E-state index contributed by atoms with van der Waals surface area (Å²) >= 11 is 0. The summed E-state index contributed by atoms with van der Waals surface area (Å²) in [5, 5.41) is 16.3. The van der Waals surface area contributed by atoms with Crippen LogP contribution in [0.4, 0.5) is 0 Å². The van der Waals surface area contributed by atoms with Gasteiger partial charge in [0.15, 0.2) is 0 Å². The van der Waals surface area contributed by atoms with E-state index in [1.807, 2.05) is 19.2 Å². The predicted octanol–water partition coefficient (Wildman–Crippen LogP) is 1.07. The summed E-state index contributed by atoms with van der Waals surface area (Å²) in [4.78, 5) is 10.3. The second-order valence-electron chi connectivity index (χ2n) is 3.13. The Balaban J connectivity index is 2.43. The van der Waals surface area contributed by atoms with E-state index in [1.54, 1.807) is 10.7 Å². The SMILES string of the molecule is Cn1nnc2cc(C=CC(=O)O)ccc21. The maximum Gasteiger partial charge on any atom is 0.328 e. The van der Waals surface area contributed by atoms with Gasteiger partial charge in [-0.05, 0) is 23.8 Å². The third-order valence-electron chi connectivity index (χ3n) is 2.05. The van der Waals surface area contributed by atoms with Gasteiger partial charge in [0.05, 0.1) is 5.52 Å². The molecule has 0 radical (unpaired) electrons. The molecule has 0 unspecified atom stereocenters. The Morgan fingerprint density at radius 2 is 2.33 bits per heavy atom. The Morgan fingerprint density at radius 1 is 1.53 bits per heavy atom. The Morgan fingerprint density at radius 3 is 3.07 bits per heavy atom. The fraction of sp³-hybridized carbons (Fsp3) is 0.100. The van der Waals surface area contributed by atoms with Gasteiger partial charge >= 0.3 is 5.97 Å². The summed E-state index contributed by atoms with van der Waals surface area (Å²) in [6, 6.07) is 5.48. The molecule has 0 bridgehead atoms. The van der Waals surface area contributed by atoms with Crippen molar-refractivity contribution >= 4 is 23.1 Å². The summed E-state index contributed by atoms with van der Waals surface area (Å²) in [7, 11) is 1.81. The zero-order valence-electron chi connectivity index (χ0n) is 8.08. The van der Waals surface area contributed by atoms with E-state index in [0.29, 0.717) is 0 Å². The average molecular weight is 203 g/mol. The lowest BCUT2D eigenvalue weighted by molar-refractivity contribution is -0.131. The maximum atomic E-state index is 10.3. The van der Waals surface area contributed by atoms with Gasteiger partial charge in [-0.3, -0.25) is 0 Å². The van der Waals surface area contributed by atoms with Gasteiger partial charge < -0.3 is 5.11 Å². The molecule has 1 N–H and O–H groups in total. The highest BCUT2D eigenvalue weighted by atomic mass is 16.4. The number of carbonyl (C=O) groups is 1. The predicted molar refractivity (Wildman–Crippen MR) is 55.2 cm³/mol. The number of hydrogen-bond donors (Lipinski definition) is 1. The van der Waals surface area contributed by atoms with Crippen LogP contribution >= 0.6 is 0 Å². The minimum atomic E-state index is -0.964. The number of aliphatic carboxylic acids is 1. The van der Waals surface area contributed by atoms with Crippen LogP contribution in [0.3, 0.4) is 0 Å². The number of aromatic nitrogens is 3. The highest BCUT2D eigenvalue weighted by molar-refractivity contribution is 5.86. The second kappa shape index (κ2) is 3.53. The molecule has 0 saturated carbocycles. The summed E-state index contributed by atoms with van der Waals surface area (Å²) in [6.07, 6.45) is 2.62. The number of fused-ring (bicyclic) bond motifs is 1. The maximum absolute atomic E-state index is 10.3. The van der Waals surface area contributed by atoms with Gasteiger partial charge in [0.2, 0.25) is 0 Å². The van der Waals surface area contributed by atoms with Crippen molar-refractivity contribution in [3.63, 3.8) is 0 Å². The molecule has 0 atom stereocenters. The van der Waals surface area contributed by atoms with Gasteiger partial charge in [0, 0.05) is 13.1 Å². The van der Waals surface area contributed by atoms with E-state index < -0.39 is 5.97 Å². The zero-order valence-corrected chi connectivity index (χ0v) is 8.08. The van der Waals surface area contributed by atoms with E-state index >= 15 is 0 Å². The minimum absolute atomic E-state index is 0.755. The van der Waals surface area contributed by atoms with Crippen molar-refractivity contribution in [1.29, 1.82) is 0 Å². The van der Waals surface area contributed by atoms with Gasteiger partial charge in [0.25, 0.3) is 0 Å². The van der Waals surface area contributed by atoms with Crippen LogP contribution < -0.4 is 0 Å². The van der Waals surface area contributed by atoms with Crippen molar-refractivity contribution in [2.24, 2.45) is 7.05 Å². The van der Waals surface area contributed by atoms with Crippen LogP contribution in [-0.2, 0) is 11.8 Å². The molecule has 0 saturated heterocycles. The van der Waals surface area contributed by atoms with Crippen LogP contribution in [0.25, 0.3) is 17.1 Å². The highest BCUT2D eigenvalue weighted by Gasteiger charge is 2.00. The van der Waals surface area contributed by atoms with E-state index in [1.165, 1.54) is 6.08 Å². The van der Waals surface area contributed by atoms with Crippen LogP contribution in [0.5, 0.6) is 0 Å². The van der Waals surface area contributed by atoms with E-state index in [9.17, 15) is 4.79 Å². The fourth-order valence-corrected chi connectivity index (χ4v) is 1.33. The first-order valence-electron chi connectivity index (χ1n) is 4.37. The first-order chi connectivity index (χ1) is 7.16. The van der Waals surface area contributed by atoms with Crippen LogP contribution in [0.2, 0.25) is 0 Å². The first-order valence-corrected chi connectivity index (χ1v) is 4.37. The molecule has 15 heavy (non-hydrogen) atoms. The van der Waals surface area contributed by atoms with E-state index in [4.69, 9.17) is 5.11 Å². The lowest BCUT2D eigenvalue weighted by Crippen LogP contribution is -1.89. The molecule has 1 aromatic heterocycles. The molecular weight excluding hydrogens is 194 g/mol. The summed E-state index contributed by atoms with van der Waals surface area (Å²) in [6.45, 7) is 0. The molecule has 2 rings (SSSR count). The summed E-state index contributed by atoms with van der Waals surface area (Å²) in [5.74, 6) is -0.964. The standard InChI is InChI=1S/C10H9N3O2/c1-13-9-4-2-7(3-5-10(14)15)6-8(9)11-12-13/h2-6H,1H3,(H,14,15). The number of benzene rings is 1. The molecule has 0 aliphatic rings. The normalized spacial score (nSPS) is 11.3. The molecule has 0 aliphatic carbocycles. The molecule has 1 aromatic carbocycles. The van der Waals surface area contributed by atoms with Gasteiger partial charge in [-0.2, -0.15) is 0 Å². The minimum Gasteiger partial charge on any atom is -0.478 e. The van der Waals surface area contributed by atoms with Crippen LogP contribution in [0, 0.1) is 0 Å². The smallest absolute Gasteiger partial charge is 0.328 e. The molecule has 5 nitrogen and oxygen atoms in total. The van der Waals surface area contributed by atoms with E-state index in [0.717, 1.165) is 22.7 Å². The molecule has 0 amide bonds. The first kappa shape index (κ1) is 9.39. The number of nitrogens with zero attached hydrogens (tertiary/aromatic N) is 3. The molecule has 1 heterocycles. The van der Waals surface area contributed by atoms with Crippen LogP contribution in [-0.4, -0.2) is 26.1 Å². The van der Waals surface area contributed by atoms with Crippen molar-refractivity contribution in [1.82, 2.24) is 15.0 Å². The third-order valence-corrected chi connectivity index (χ3v) is 2.05. The average Bonchev–Trinajstić information content (AvgIpc) is 2.57. The zero-order chi connectivity index (χ0) is 10.8. The number of hydrogen-bond acceptors (Lipinski definition) is 3. The quantitative estimate of drug-likeness (QED) is 0.741. The van der Waals surface area contributed by atoms with Gasteiger partial charge in [-0.25, -0.2) is 9.48 Å². The van der Waals surface area contributed by atoms with Gasteiger partial charge in [0.1, 0.15) is 5.52 Å². The lowest BCUT2D eigenvalue weighted by atomic mass is 10.2. The topological polar surface area (TPSA) is 68.0 Å². The van der Waals surface area contributed by atoms with Crippen molar-refractivity contribution in [2.45, 2.75) is 0 Å². The van der Waals surface area contributed by atoms with Crippen molar-refractivity contribution in [3.8, 4) is 0 Å². The summed E-state index contributed by atoms with van der Waals surface area (Å²) < 4.78 is 1.67. The van der Waals surface area contributed by atoms with Crippen molar-refractivity contribution in [2.75, 3.05) is 0 Å².